The van der Waals surface area contributed by atoms with Gasteiger partial charge in [0.1, 0.15) is 0 Å². The van der Waals surface area contributed by atoms with Crippen LogP contribution in [-0.2, 0) is 4.79 Å². The molecule has 9 nitrogen and oxygen atoms in total. The van der Waals surface area contributed by atoms with E-state index in [0.29, 0.717) is 28.5 Å². The summed E-state index contributed by atoms with van der Waals surface area (Å²) in [6, 6.07) is 12.1. The molecule has 3 rings (SSSR count). The molecule has 2 aromatic carbocycles. The summed E-state index contributed by atoms with van der Waals surface area (Å²) in [5, 5.41) is 20.7. The molecule has 0 aliphatic heterocycles. The lowest BCUT2D eigenvalue weighted by molar-refractivity contribution is -0.384. The van der Waals surface area contributed by atoms with Gasteiger partial charge in [-0.05, 0) is 30.3 Å². The standard InChI is InChI=1S/C19H16ClN5O4/c1-2-18(26)21-12-6-7-15(20)17(10-12)22-19(27)16-8-9-24(23-16)13-4-3-5-14(11-13)25(28)29/h3-11H,2H2,1H3,(H,21,26)(H,22,27). The van der Waals surface area contributed by atoms with Crippen LogP contribution < -0.4 is 10.6 Å². The van der Waals surface area contributed by atoms with Crippen LogP contribution in [0.3, 0.4) is 0 Å². The molecule has 3 aromatic rings. The van der Waals surface area contributed by atoms with Crippen molar-refractivity contribution in [2.45, 2.75) is 13.3 Å². The van der Waals surface area contributed by atoms with Crippen LogP contribution in [0.25, 0.3) is 5.69 Å². The second kappa shape index (κ2) is 8.53. The Kier molecular flexibility index (Phi) is 5.89. The summed E-state index contributed by atoms with van der Waals surface area (Å²) in [7, 11) is 0. The lowest BCUT2D eigenvalue weighted by atomic mass is 10.2. The minimum atomic E-state index is -0.518. The minimum Gasteiger partial charge on any atom is -0.326 e. The summed E-state index contributed by atoms with van der Waals surface area (Å²) < 4.78 is 1.36. The Labute approximate surface area is 170 Å². The van der Waals surface area contributed by atoms with E-state index in [9.17, 15) is 19.7 Å². The number of nitrogens with one attached hydrogen (secondary N) is 2. The molecule has 0 fully saturated rings. The summed E-state index contributed by atoms with van der Waals surface area (Å²) >= 11 is 6.13. The Balaban J connectivity index is 1.79. The van der Waals surface area contributed by atoms with Gasteiger partial charge in [-0.2, -0.15) is 5.10 Å². The maximum Gasteiger partial charge on any atom is 0.276 e. The number of rotatable bonds is 6. The molecule has 10 heteroatoms. The molecule has 0 unspecified atom stereocenters. The van der Waals surface area contributed by atoms with Gasteiger partial charge in [0.2, 0.25) is 5.91 Å². The fourth-order valence-corrected chi connectivity index (χ4v) is 2.64. The van der Waals surface area contributed by atoms with E-state index in [4.69, 9.17) is 11.6 Å². The number of nitro benzene ring substituents is 1. The molecule has 0 aliphatic carbocycles. The molecule has 0 saturated heterocycles. The molecular weight excluding hydrogens is 398 g/mol. The number of carbonyl (C=O) groups excluding carboxylic acids is 2. The van der Waals surface area contributed by atoms with E-state index in [2.05, 4.69) is 15.7 Å². The van der Waals surface area contributed by atoms with Crippen molar-refractivity contribution >= 4 is 40.5 Å². The zero-order valence-electron chi connectivity index (χ0n) is 15.3. The molecule has 0 atom stereocenters. The predicted molar refractivity (Wildman–Crippen MR) is 109 cm³/mol. The van der Waals surface area contributed by atoms with Crippen molar-refractivity contribution in [1.82, 2.24) is 9.78 Å². The summed E-state index contributed by atoms with van der Waals surface area (Å²) in [5.41, 5.74) is 1.27. The molecule has 0 saturated carbocycles. The van der Waals surface area contributed by atoms with Crippen molar-refractivity contribution in [2.24, 2.45) is 0 Å². The Morgan fingerprint density at radius 2 is 1.97 bits per heavy atom. The smallest absolute Gasteiger partial charge is 0.276 e. The number of aromatic nitrogens is 2. The maximum atomic E-state index is 12.5. The van der Waals surface area contributed by atoms with Gasteiger partial charge >= 0.3 is 0 Å². The number of hydrogen-bond acceptors (Lipinski definition) is 5. The van der Waals surface area contributed by atoms with E-state index in [0.717, 1.165) is 0 Å². The van der Waals surface area contributed by atoms with Gasteiger partial charge in [0.15, 0.2) is 5.69 Å². The zero-order valence-corrected chi connectivity index (χ0v) is 16.0. The number of nitrogens with zero attached hydrogens (tertiary/aromatic N) is 3. The van der Waals surface area contributed by atoms with Gasteiger partial charge in [-0.25, -0.2) is 4.68 Å². The van der Waals surface area contributed by atoms with Gasteiger partial charge in [0.25, 0.3) is 11.6 Å². The predicted octanol–water partition coefficient (Wildman–Crippen LogP) is 4.03. The summed E-state index contributed by atoms with van der Waals surface area (Å²) in [5.74, 6) is -0.685. The van der Waals surface area contributed by atoms with Crippen LogP contribution in [0, 0.1) is 10.1 Å². The van der Waals surface area contributed by atoms with Gasteiger partial charge in [-0.1, -0.05) is 24.6 Å². The molecule has 2 amide bonds. The molecule has 29 heavy (non-hydrogen) atoms. The fourth-order valence-electron chi connectivity index (χ4n) is 2.47. The molecule has 0 spiro atoms. The van der Waals surface area contributed by atoms with Crippen molar-refractivity contribution in [3.8, 4) is 5.69 Å². The molecule has 0 aliphatic rings. The fraction of sp³-hybridized carbons (Fsp3) is 0.105. The normalized spacial score (nSPS) is 10.4. The number of halogens is 1. The first-order valence-corrected chi connectivity index (χ1v) is 8.96. The van der Waals surface area contributed by atoms with Crippen molar-refractivity contribution in [1.29, 1.82) is 0 Å². The first-order valence-electron chi connectivity index (χ1n) is 8.58. The highest BCUT2D eigenvalue weighted by Crippen LogP contribution is 2.26. The Hall–Kier alpha value is -3.72. The maximum absolute atomic E-state index is 12.5. The number of hydrogen-bond donors (Lipinski definition) is 2. The highest BCUT2D eigenvalue weighted by Gasteiger charge is 2.14. The molecule has 1 heterocycles. The molecule has 0 bridgehead atoms. The van der Waals surface area contributed by atoms with E-state index in [1.807, 2.05) is 0 Å². The summed E-state index contributed by atoms with van der Waals surface area (Å²) in [4.78, 5) is 34.5. The van der Waals surface area contributed by atoms with Crippen molar-refractivity contribution < 1.29 is 14.5 Å². The average molecular weight is 414 g/mol. The van der Waals surface area contributed by atoms with E-state index in [1.54, 1.807) is 31.2 Å². The van der Waals surface area contributed by atoms with Gasteiger partial charge in [-0.15, -0.1) is 0 Å². The molecule has 0 radical (unpaired) electrons. The Bertz CT molecular complexity index is 1100. The number of benzene rings is 2. The van der Waals surface area contributed by atoms with Crippen molar-refractivity contribution in [2.75, 3.05) is 10.6 Å². The van der Waals surface area contributed by atoms with Crippen LogP contribution in [0.2, 0.25) is 5.02 Å². The SMILES string of the molecule is CCC(=O)Nc1ccc(Cl)c(NC(=O)c2ccn(-c3cccc([N+](=O)[O-])c3)n2)c1. The van der Waals surface area contributed by atoms with Crippen LogP contribution in [0.4, 0.5) is 17.1 Å². The van der Waals surface area contributed by atoms with Crippen LogP contribution in [0.5, 0.6) is 0 Å². The van der Waals surface area contributed by atoms with Gasteiger partial charge < -0.3 is 10.6 Å². The number of carbonyl (C=O) groups is 2. The second-order valence-electron chi connectivity index (χ2n) is 5.97. The van der Waals surface area contributed by atoms with E-state index < -0.39 is 10.8 Å². The van der Waals surface area contributed by atoms with Crippen LogP contribution >= 0.6 is 11.6 Å². The third-order valence-corrected chi connectivity index (χ3v) is 4.28. The quantitative estimate of drug-likeness (QED) is 0.467. The Morgan fingerprint density at radius 1 is 1.17 bits per heavy atom. The van der Waals surface area contributed by atoms with Crippen molar-refractivity contribution in [3.05, 3.63) is 75.6 Å². The highest BCUT2D eigenvalue weighted by atomic mass is 35.5. The second-order valence-corrected chi connectivity index (χ2v) is 6.38. The minimum absolute atomic E-state index is 0.0817. The van der Waals surface area contributed by atoms with Crippen LogP contribution in [-0.4, -0.2) is 26.5 Å². The zero-order chi connectivity index (χ0) is 21.0. The third-order valence-electron chi connectivity index (χ3n) is 3.95. The highest BCUT2D eigenvalue weighted by molar-refractivity contribution is 6.34. The number of anilines is 2. The van der Waals surface area contributed by atoms with Crippen LogP contribution in [0.15, 0.2) is 54.7 Å². The lowest BCUT2D eigenvalue weighted by Gasteiger charge is -2.09. The van der Waals surface area contributed by atoms with E-state index >= 15 is 0 Å². The summed E-state index contributed by atoms with van der Waals surface area (Å²) in [6.45, 7) is 1.73. The van der Waals surface area contributed by atoms with E-state index in [-0.39, 0.29) is 17.3 Å². The van der Waals surface area contributed by atoms with Crippen molar-refractivity contribution in [3.63, 3.8) is 0 Å². The van der Waals surface area contributed by atoms with Gasteiger partial charge in [0, 0.05) is 30.4 Å². The molecular formula is C19H16ClN5O4. The first-order chi connectivity index (χ1) is 13.9. The number of non-ortho nitro benzene ring substituents is 1. The molecule has 148 valence electrons. The first kappa shape index (κ1) is 20.0. The topological polar surface area (TPSA) is 119 Å². The third kappa shape index (κ3) is 4.77. The number of amides is 2. The largest absolute Gasteiger partial charge is 0.326 e. The lowest BCUT2D eigenvalue weighted by Crippen LogP contribution is -2.14. The van der Waals surface area contributed by atoms with Gasteiger partial charge in [0.05, 0.1) is 21.3 Å². The van der Waals surface area contributed by atoms with E-state index in [1.165, 1.54) is 35.1 Å². The average Bonchev–Trinajstić information content (AvgIpc) is 3.21. The van der Waals surface area contributed by atoms with Crippen LogP contribution in [0.1, 0.15) is 23.8 Å². The number of nitro groups is 1. The molecule has 1 aromatic heterocycles. The van der Waals surface area contributed by atoms with Gasteiger partial charge in [-0.3, -0.25) is 19.7 Å². The summed E-state index contributed by atoms with van der Waals surface area (Å²) in [6.07, 6.45) is 1.84. The molecule has 2 N–H and O–H groups in total. The Morgan fingerprint density at radius 3 is 2.69 bits per heavy atom. The monoisotopic (exact) mass is 413 g/mol.